The lowest BCUT2D eigenvalue weighted by atomic mass is 9.98. The Kier molecular flexibility index (Phi) is 4.40. The molecule has 1 atom stereocenters. The number of pyridine rings is 1. The van der Waals surface area contributed by atoms with Crippen molar-refractivity contribution in [1.29, 1.82) is 0 Å². The Morgan fingerprint density at radius 2 is 2.05 bits per heavy atom. The summed E-state index contributed by atoms with van der Waals surface area (Å²) in [7, 11) is 0. The lowest BCUT2D eigenvalue weighted by Crippen LogP contribution is -2.26. The first kappa shape index (κ1) is 14.9. The van der Waals surface area contributed by atoms with Crippen molar-refractivity contribution in [2.75, 3.05) is 23.7 Å². The predicted octanol–water partition coefficient (Wildman–Crippen LogP) is 3.70. The van der Waals surface area contributed by atoms with Crippen molar-refractivity contribution in [2.24, 2.45) is 5.92 Å². The molecular weight excluding hydrogens is 267 g/mol. The predicted molar refractivity (Wildman–Crippen MR) is 73.5 cm³/mol. The Labute approximate surface area is 117 Å². The van der Waals surface area contributed by atoms with Crippen LogP contribution in [-0.4, -0.2) is 18.1 Å². The third-order valence-corrected chi connectivity index (χ3v) is 3.91. The average Bonchev–Trinajstić information content (AvgIpc) is 2.62. The summed E-state index contributed by atoms with van der Waals surface area (Å²) < 4.78 is 38.4. The molecule has 0 bridgehead atoms. The summed E-state index contributed by atoms with van der Waals surface area (Å²) in [6.45, 7) is 3.64. The first-order valence-corrected chi connectivity index (χ1v) is 7.00. The molecule has 0 radical (unpaired) electrons. The molecule has 0 aromatic carbocycles. The van der Waals surface area contributed by atoms with E-state index in [9.17, 15) is 13.2 Å². The summed E-state index contributed by atoms with van der Waals surface area (Å²) in [5.74, 6) is 0.920. The molecule has 6 heteroatoms. The zero-order chi connectivity index (χ0) is 14.8. The maximum Gasteiger partial charge on any atom is 0.416 e. The van der Waals surface area contributed by atoms with Crippen molar-refractivity contribution >= 4 is 11.6 Å². The van der Waals surface area contributed by atoms with Gasteiger partial charge in [0.05, 0.1) is 5.56 Å². The van der Waals surface area contributed by atoms with Crippen molar-refractivity contribution in [2.45, 2.75) is 38.8 Å². The summed E-state index contributed by atoms with van der Waals surface area (Å²) in [4.78, 5) is 5.99. The van der Waals surface area contributed by atoms with E-state index in [2.05, 4.69) is 11.9 Å². The van der Waals surface area contributed by atoms with Gasteiger partial charge in [-0.1, -0.05) is 13.3 Å². The number of nitrogen functional groups attached to an aromatic ring is 1. The molecule has 1 fully saturated rings. The molecule has 0 saturated carbocycles. The van der Waals surface area contributed by atoms with Gasteiger partial charge in [0.2, 0.25) is 0 Å². The van der Waals surface area contributed by atoms with E-state index >= 15 is 0 Å². The van der Waals surface area contributed by atoms with Gasteiger partial charge in [0.15, 0.2) is 0 Å². The largest absolute Gasteiger partial charge is 0.416 e. The fourth-order valence-electron chi connectivity index (χ4n) is 2.67. The van der Waals surface area contributed by atoms with Crippen LogP contribution >= 0.6 is 0 Å². The topological polar surface area (TPSA) is 42.1 Å². The molecule has 1 aromatic rings. The number of anilines is 2. The van der Waals surface area contributed by atoms with Crippen LogP contribution in [0.25, 0.3) is 0 Å². The molecule has 2 N–H and O–H groups in total. The Hall–Kier alpha value is -1.46. The second-order valence-corrected chi connectivity index (χ2v) is 5.33. The van der Waals surface area contributed by atoms with Crippen molar-refractivity contribution < 1.29 is 13.2 Å². The van der Waals surface area contributed by atoms with Crippen molar-refractivity contribution in [3.05, 3.63) is 17.7 Å². The Morgan fingerprint density at radius 3 is 2.70 bits per heavy atom. The van der Waals surface area contributed by atoms with Crippen LogP contribution in [0.5, 0.6) is 0 Å². The molecule has 2 heterocycles. The summed E-state index contributed by atoms with van der Waals surface area (Å²) in [6.07, 6.45) is -0.165. The lowest BCUT2D eigenvalue weighted by molar-refractivity contribution is -0.137. The molecule has 2 rings (SSSR count). The Balaban J connectivity index is 2.22. The minimum Gasteiger partial charge on any atom is -0.384 e. The van der Waals surface area contributed by atoms with Gasteiger partial charge in [0.25, 0.3) is 0 Å². The van der Waals surface area contributed by atoms with Gasteiger partial charge >= 0.3 is 6.18 Å². The van der Waals surface area contributed by atoms with E-state index in [0.717, 1.165) is 50.9 Å². The summed E-state index contributed by atoms with van der Waals surface area (Å²) in [5.41, 5.74) is 4.79. The highest BCUT2D eigenvalue weighted by Gasteiger charge is 2.32. The second kappa shape index (κ2) is 5.89. The third-order valence-electron chi connectivity index (χ3n) is 3.91. The van der Waals surface area contributed by atoms with Crippen molar-refractivity contribution in [1.82, 2.24) is 4.98 Å². The van der Waals surface area contributed by atoms with E-state index < -0.39 is 11.7 Å². The molecule has 1 aliphatic rings. The number of nitrogens with two attached hydrogens (primary N) is 1. The standard InChI is InChI=1S/C14H20F3N3/c1-2-10-4-3-6-20(7-5-10)13-9-11(14(15,16)17)8-12(18)19-13/h8-10H,2-7H2,1H3,(H2,18,19). The van der Waals surface area contributed by atoms with Crippen LogP contribution in [0.3, 0.4) is 0 Å². The van der Waals surface area contributed by atoms with Gasteiger partial charge in [-0.05, 0) is 37.3 Å². The molecule has 1 aliphatic heterocycles. The summed E-state index contributed by atoms with van der Waals surface area (Å²) in [5, 5.41) is 0. The van der Waals surface area contributed by atoms with Gasteiger partial charge in [-0.25, -0.2) is 4.98 Å². The second-order valence-electron chi connectivity index (χ2n) is 5.33. The number of halogens is 3. The number of nitrogens with zero attached hydrogens (tertiary/aromatic N) is 2. The van der Waals surface area contributed by atoms with E-state index in [4.69, 9.17) is 5.73 Å². The molecule has 20 heavy (non-hydrogen) atoms. The van der Waals surface area contributed by atoms with Gasteiger partial charge in [-0.2, -0.15) is 13.2 Å². The molecule has 112 valence electrons. The highest BCUT2D eigenvalue weighted by molar-refractivity contribution is 5.49. The van der Waals surface area contributed by atoms with E-state index in [1.165, 1.54) is 0 Å². The number of aromatic nitrogens is 1. The van der Waals surface area contributed by atoms with E-state index in [0.29, 0.717) is 11.7 Å². The van der Waals surface area contributed by atoms with E-state index in [1.807, 2.05) is 4.90 Å². The van der Waals surface area contributed by atoms with Crippen molar-refractivity contribution in [3.63, 3.8) is 0 Å². The summed E-state index contributed by atoms with van der Waals surface area (Å²) in [6, 6.07) is 1.98. The van der Waals surface area contributed by atoms with Crippen LogP contribution in [-0.2, 0) is 6.18 Å². The molecule has 0 spiro atoms. The van der Waals surface area contributed by atoms with E-state index in [-0.39, 0.29) is 5.82 Å². The SMILES string of the molecule is CCC1CCCN(c2cc(C(F)(F)F)cc(N)n2)CC1. The highest BCUT2D eigenvalue weighted by atomic mass is 19.4. The normalized spacial score (nSPS) is 20.8. The maximum absolute atomic E-state index is 12.8. The third kappa shape index (κ3) is 3.55. The first-order chi connectivity index (χ1) is 9.40. The molecular formula is C14H20F3N3. The molecule has 1 saturated heterocycles. The quantitative estimate of drug-likeness (QED) is 0.902. The van der Waals surface area contributed by atoms with Crippen LogP contribution in [0, 0.1) is 5.92 Å². The van der Waals surface area contributed by atoms with Crippen LogP contribution in [0.2, 0.25) is 0 Å². The van der Waals surface area contributed by atoms with Gasteiger partial charge in [0, 0.05) is 13.1 Å². The fourth-order valence-corrected chi connectivity index (χ4v) is 2.67. The van der Waals surface area contributed by atoms with Crippen LogP contribution in [0.4, 0.5) is 24.8 Å². The fraction of sp³-hybridized carbons (Fsp3) is 0.643. The summed E-state index contributed by atoms with van der Waals surface area (Å²) >= 11 is 0. The smallest absolute Gasteiger partial charge is 0.384 e. The van der Waals surface area contributed by atoms with Gasteiger partial charge in [-0.15, -0.1) is 0 Å². The number of hydrogen-bond acceptors (Lipinski definition) is 3. The van der Waals surface area contributed by atoms with Gasteiger partial charge in [-0.3, -0.25) is 0 Å². The molecule has 1 aromatic heterocycles. The maximum atomic E-state index is 12.8. The first-order valence-electron chi connectivity index (χ1n) is 7.00. The number of rotatable bonds is 2. The Morgan fingerprint density at radius 1 is 1.30 bits per heavy atom. The minimum absolute atomic E-state index is 0.0777. The lowest BCUT2D eigenvalue weighted by Gasteiger charge is -2.23. The molecule has 0 aliphatic carbocycles. The van der Waals surface area contributed by atoms with Gasteiger partial charge in [0.1, 0.15) is 11.6 Å². The Bertz CT molecular complexity index is 459. The molecule has 0 amide bonds. The minimum atomic E-state index is -4.39. The number of alkyl halides is 3. The highest BCUT2D eigenvalue weighted by Crippen LogP contribution is 2.33. The zero-order valence-corrected chi connectivity index (χ0v) is 11.6. The number of hydrogen-bond donors (Lipinski definition) is 1. The molecule has 3 nitrogen and oxygen atoms in total. The van der Waals surface area contributed by atoms with Crippen LogP contribution in [0.1, 0.15) is 38.2 Å². The van der Waals surface area contributed by atoms with Crippen LogP contribution in [0.15, 0.2) is 12.1 Å². The van der Waals surface area contributed by atoms with Crippen LogP contribution < -0.4 is 10.6 Å². The zero-order valence-electron chi connectivity index (χ0n) is 11.6. The molecule has 1 unspecified atom stereocenters. The monoisotopic (exact) mass is 287 g/mol. The average molecular weight is 287 g/mol. The van der Waals surface area contributed by atoms with E-state index in [1.54, 1.807) is 0 Å². The van der Waals surface area contributed by atoms with Crippen molar-refractivity contribution in [3.8, 4) is 0 Å². The van der Waals surface area contributed by atoms with Gasteiger partial charge < -0.3 is 10.6 Å².